The molecule has 0 aromatic rings. The molecule has 0 amide bonds. The minimum absolute atomic E-state index is 0.231. The largest absolute Gasteiger partial charge is 0.344 e. The van der Waals surface area contributed by atoms with Crippen molar-refractivity contribution in [2.75, 3.05) is 0 Å². The summed E-state index contributed by atoms with van der Waals surface area (Å²) in [4.78, 5) is 0. The van der Waals surface area contributed by atoms with E-state index in [2.05, 4.69) is 40.7 Å². The van der Waals surface area contributed by atoms with Crippen LogP contribution in [0.25, 0.3) is 0 Å². The number of rotatable bonds is 0. The average Bonchev–Trinajstić information content (AvgIpc) is 3.11. The van der Waals surface area contributed by atoms with Gasteiger partial charge in [0.15, 0.2) is 5.79 Å². The maximum Gasteiger partial charge on any atom is 0.163 e. The van der Waals surface area contributed by atoms with Crippen molar-refractivity contribution in [3.8, 4) is 0 Å². The zero-order valence-electron chi connectivity index (χ0n) is 18.0. The lowest BCUT2D eigenvalue weighted by atomic mass is 9.43. The van der Waals surface area contributed by atoms with Crippen LogP contribution in [0.2, 0.25) is 0 Å². The van der Waals surface area contributed by atoms with E-state index in [1.54, 1.807) is 5.57 Å². The molecule has 0 radical (unpaired) electrons. The molecule has 1 saturated heterocycles. The molecule has 3 heteroatoms. The predicted molar refractivity (Wildman–Crippen MR) is 108 cm³/mol. The van der Waals surface area contributed by atoms with Gasteiger partial charge in [0.25, 0.3) is 0 Å². The van der Waals surface area contributed by atoms with Gasteiger partial charge in [-0.15, -0.1) is 0 Å². The van der Waals surface area contributed by atoms with Crippen LogP contribution in [0.15, 0.2) is 11.6 Å². The molecule has 4 saturated carbocycles. The van der Waals surface area contributed by atoms with Crippen LogP contribution >= 0.6 is 0 Å². The predicted octanol–water partition coefficient (Wildman–Crippen LogP) is 5.04. The second kappa shape index (κ2) is 5.83. The molecule has 4 unspecified atom stereocenters. The van der Waals surface area contributed by atoms with Crippen molar-refractivity contribution in [3.63, 3.8) is 0 Å². The van der Waals surface area contributed by atoms with Crippen LogP contribution in [0.5, 0.6) is 0 Å². The topological polar surface area (TPSA) is 44.5 Å². The van der Waals surface area contributed by atoms with Crippen LogP contribution in [-0.4, -0.2) is 24.0 Å². The second-order valence-corrected chi connectivity index (χ2v) is 11.3. The summed E-state index contributed by atoms with van der Waals surface area (Å²) >= 11 is 0. The van der Waals surface area contributed by atoms with E-state index in [0.717, 1.165) is 18.3 Å². The molecule has 0 aromatic carbocycles. The zero-order valence-corrected chi connectivity index (χ0v) is 18.0. The van der Waals surface area contributed by atoms with Crippen molar-refractivity contribution in [1.29, 1.82) is 0 Å². The normalized spacial score (nSPS) is 57.7. The Labute approximate surface area is 165 Å². The fourth-order valence-electron chi connectivity index (χ4n) is 8.54. The summed E-state index contributed by atoms with van der Waals surface area (Å²) in [6.07, 6.45) is 11.8. The molecule has 9 atom stereocenters. The summed E-state index contributed by atoms with van der Waals surface area (Å²) in [6, 6.07) is 0.336. The standard InChI is InChI=1S/C24H39NO2/c1-6-14-7-8-16-19-17(10-12-23(14,16)4)24(5)11-9-15(25)13-18(24)20-21(19)27-22(2,3)26-20/h6,15-21H,7-13,25H2,1-5H3/b14-6-/t15-,16?,17?,18?,19?,20-,21-,23-,24-/m1/s1. The Bertz CT molecular complexity index is 657. The minimum atomic E-state index is -0.456. The molecule has 0 bridgehead atoms. The second-order valence-electron chi connectivity index (χ2n) is 11.3. The summed E-state index contributed by atoms with van der Waals surface area (Å²) in [5.41, 5.74) is 8.91. The number of allylic oxidation sites excluding steroid dienone is 2. The van der Waals surface area contributed by atoms with Crippen LogP contribution in [0.4, 0.5) is 0 Å². The number of hydrogen-bond acceptors (Lipinski definition) is 3. The molecule has 5 rings (SSSR count). The number of nitrogens with two attached hydrogens (primary N) is 1. The lowest BCUT2D eigenvalue weighted by Gasteiger charge is -2.63. The van der Waals surface area contributed by atoms with E-state index in [1.807, 2.05) is 0 Å². The van der Waals surface area contributed by atoms with E-state index in [4.69, 9.17) is 15.2 Å². The van der Waals surface area contributed by atoms with Crippen molar-refractivity contribution in [2.24, 2.45) is 40.2 Å². The van der Waals surface area contributed by atoms with E-state index >= 15 is 0 Å². The third-order valence-corrected chi connectivity index (χ3v) is 9.77. The van der Waals surface area contributed by atoms with Crippen LogP contribution in [0.1, 0.15) is 79.6 Å². The Hall–Kier alpha value is -0.380. The van der Waals surface area contributed by atoms with Crippen LogP contribution in [-0.2, 0) is 9.47 Å². The Morgan fingerprint density at radius 3 is 2.41 bits per heavy atom. The third kappa shape index (κ3) is 2.43. The Kier molecular flexibility index (Phi) is 4.02. The van der Waals surface area contributed by atoms with Gasteiger partial charge in [-0.2, -0.15) is 0 Å². The van der Waals surface area contributed by atoms with Gasteiger partial charge in [-0.3, -0.25) is 0 Å². The molecule has 1 aliphatic heterocycles. The zero-order chi connectivity index (χ0) is 19.2. The molecule has 5 fully saturated rings. The quantitative estimate of drug-likeness (QED) is 0.605. The van der Waals surface area contributed by atoms with Crippen LogP contribution in [0.3, 0.4) is 0 Å². The molecule has 0 spiro atoms. The molecular formula is C24H39NO2. The van der Waals surface area contributed by atoms with Crippen molar-refractivity contribution in [1.82, 2.24) is 0 Å². The average molecular weight is 374 g/mol. The molecule has 4 aliphatic carbocycles. The monoisotopic (exact) mass is 373 g/mol. The first-order chi connectivity index (χ1) is 12.7. The summed E-state index contributed by atoms with van der Waals surface area (Å²) in [6.45, 7) is 11.6. The third-order valence-electron chi connectivity index (χ3n) is 9.77. The highest BCUT2D eigenvalue weighted by Crippen LogP contribution is 2.69. The van der Waals surface area contributed by atoms with Gasteiger partial charge >= 0.3 is 0 Å². The van der Waals surface area contributed by atoms with Crippen LogP contribution < -0.4 is 5.73 Å². The van der Waals surface area contributed by atoms with E-state index < -0.39 is 5.79 Å². The first kappa shape index (κ1) is 18.6. The maximum absolute atomic E-state index is 6.69. The summed E-state index contributed by atoms with van der Waals surface area (Å²) < 4.78 is 13.3. The number of ether oxygens (including phenoxy) is 2. The SMILES string of the molecule is C/C=C1/CCC2C3C(CC[C@]12C)[C@@]1(C)CC[C@@H](N)CC1[C@H]1OC(C)(C)O[C@H]31. The Balaban J connectivity index is 1.59. The first-order valence-corrected chi connectivity index (χ1v) is 11.5. The number of hydrogen-bond donors (Lipinski definition) is 1. The van der Waals surface area contributed by atoms with Gasteiger partial charge in [0, 0.05) is 6.04 Å². The van der Waals surface area contributed by atoms with Crippen molar-refractivity contribution < 1.29 is 9.47 Å². The van der Waals surface area contributed by atoms with Gasteiger partial charge in [0.1, 0.15) is 0 Å². The lowest BCUT2D eigenvalue weighted by molar-refractivity contribution is -0.173. The molecule has 27 heavy (non-hydrogen) atoms. The highest BCUT2D eigenvalue weighted by molar-refractivity contribution is 5.25. The van der Waals surface area contributed by atoms with E-state index in [-0.39, 0.29) is 12.2 Å². The molecule has 152 valence electrons. The van der Waals surface area contributed by atoms with E-state index in [9.17, 15) is 0 Å². The Morgan fingerprint density at radius 2 is 1.67 bits per heavy atom. The molecule has 3 nitrogen and oxygen atoms in total. The van der Waals surface area contributed by atoms with Gasteiger partial charge < -0.3 is 15.2 Å². The van der Waals surface area contributed by atoms with E-state index in [0.29, 0.717) is 28.7 Å². The lowest BCUT2D eigenvalue weighted by Crippen LogP contribution is -2.63. The highest BCUT2D eigenvalue weighted by Gasteiger charge is 2.67. The summed E-state index contributed by atoms with van der Waals surface area (Å²) in [5, 5.41) is 0. The smallest absolute Gasteiger partial charge is 0.163 e. The minimum Gasteiger partial charge on any atom is -0.344 e. The van der Waals surface area contributed by atoms with Crippen molar-refractivity contribution in [2.45, 2.75) is 104 Å². The fraction of sp³-hybridized carbons (Fsp3) is 0.917. The summed E-state index contributed by atoms with van der Waals surface area (Å²) in [5.74, 6) is 2.26. The van der Waals surface area contributed by atoms with Gasteiger partial charge in [0.2, 0.25) is 0 Å². The highest BCUT2D eigenvalue weighted by atomic mass is 16.8. The summed E-state index contributed by atoms with van der Waals surface area (Å²) in [7, 11) is 0. The number of fused-ring (bicyclic) bond motifs is 8. The van der Waals surface area contributed by atoms with Crippen LogP contribution in [0, 0.1) is 34.5 Å². The first-order valence-electron chi connectivity index (χ1n) is 11.5. The van der Waals surface area contributed by atoms with E-state index in [1.165, 1.54) is 38.5 Å². The van der Waals surface area contributed by atoms with Gasteiger partial charge in [-0.1, -0.05) is 25.5 Å². The van der Waals surface area contributed by atoms with Crippen molar-refractivity contribution >= 4 is 0 Å². The molecule has 0 aromatic heterocycles. The van der Waals surface area contributed by atoms with Gasteiger partial charge in [0.05, 0.1) is 12.2 Å². The maximum atomic E-state index is 6.69. The van der Waals surface area contributed by atoms with Crippen molar-refractivity contribution in [3.05, 3.63) is 11.6 Å². The molecule has 5 aliphatic rings. The molecular weight excluding hydrogens is 334 g/mol. The Morgan fingerprint density at radius 1 is 0.926 bits per heavy atom. The fourth-order valence-corrected chi connectivity index (χ4v) is 8.54. The van der Waals surface area contributed by atoms with Gasteiger partial charge in [-0.05, 0) is 100 Å². The molecule has 2 N–H and O–H groups in total. The van der Waals surface area contributed by atoms with Gasteiger partial charge in [-0.25, -0.2) is 0 Å². The molecule has 1 heterocycles.